The van der Waals surface area contributed by atoms with Crippen LogP contribution in [0.25, 0.3) is 5.70 Å². The van der Waals surface area contributed by atoms with Crippen molar-refractivity contribution in [1.82, 2.24) is 4.98 Å². The van der Waals surface area contributed by atoms with Crippen molar-refractivity contribution in [3.05, 3.63) is 34.1 Å². The van der Waals surface area contributed by atoms with Gasteiger partial charge in [0.1, 0.15) is 0 Å². The minimum Gasteiger partial charge on any atom is -0.396 e. The molecule has 0 atom stereocenters. The molecule has 84 valence electrons. The molecular weight excluding hydrogens is 266 g/mol. The van der Waals surface area contributed by atoms with Crippen molar-refractivity contribution in [2.45, 2.75) is 25.8 Å². The van der Waals surface area contributed by atoms with Crippen molar-refractivity contribution < 1.29 is 0 Å². The molecule has 16 heavy (non-hydrogen) atoms. The molecule has 1 heterocycles. The Balaban J connectivity index is 2.20. The fraction of sp³-hybridized carbons (Fsp3) is 0.333. The van der Waals surface area contributed by atoms with E-state index in [1.807, 2.05) is 25.1 Å². The van der Waals surface area contributed by atoms with Crippen molar-refractivity contribution in [2.75, 3.05) is 0 Å². The summed E-state index contributed by atoms with van der Waals surface area (Å²) < 4.78 is 0.803. The van der Waals surface area contributed by atoms with E-state index in [0.29, 0.717) is 11.7 Å². The molecular formula is C12H14BrN3. The molecule has 1 aromatic heterocycles. The first kappa shape index (κ1) is 11.3. The van der Waals surface area contributed by atoms with Crippen LogP contribution in [-0.2, 0) is 0 Å². The van der Waals surface area contributed by atoms with E-state index in [2.05, 4.69) is 25.9 Å². The summed E-state index contributed by atoms with van der Waals surface area (Å²) in [6.07, 6.45) is 4.18. The highest BCUT2D eigenvalue weighted by Crippen LogP contribution is 2.24. The van der Waals surface area contributed by atoms with E-state index in [-0.39, 0.29) is 0 Å². The highest BCUT2D eigenvalue weighted by molar-refractivity contribution is 9.12. The van der Waals surface area contributed by atoms with Crippen LogP contribution in [-0.4, -0.2) is 17.2 Å². The Bertz CT molecular complexity index is 447. The smallest absolute Gasteiger partial charge is 0.0874 e. The van der Waals surface area contributed by atoms with Gasteiger partial charge in [0.2, 0.25) is 0 Å². The number of aliphatic imine (C=N–C) groups is 1. The fourth-order valence-electron chi connectivity index (χ4n) is 1.28. The predicted octanol–water partition coefficient (Wildman–Crippen LogP) is 2.65. The van der Waals surface area contributed by atoms with E-state index in [4.69, 9.17) is 5.73 Å². The summed E-state index contributed by atoms with van der Waals surface area (Å²) in [5.74, 6) is 0. The normalized spacial score (nSPS) is 17.6. The number of nitrogens with two attached hydrogens (primary N) is 1. The van der Waals surface area contributed by atoms with Crippen LogP contribution in [0.4, 0.5) is 0 Å². The minimum atomic E-state index is 0.505. The molecule has 0 bridgehead atoms. The van der Waals surface area contributed by atoms with E-state index in [1.165, 1.54) is 12.8 Å². The van der Waals surface area contributed by atoms with Gasteiger partial charge >= 0.3 is 0 Å². The zero-order chi connectivity index (χ0) is 11.5. The molecule has 1 aromatic rings. The van der Waals surface area contributed by atoms with Crippen LogP contribution in [0.15, 0.2) is 27.7 Å². The van der Waals surface area contributed by atoms with E-state index in [0.717, 1.165) is 15.9 Å². The highest BCUT2D eigenvalue weighted by Gasteiger charge is 2.19. The Morgan fingerprint density at radius 3 is 2.94 bits per heavy atom. The average Bonchev–Trinajstić information content (AvgIpc) is 3.08. The van der Waals surface area contributed by atoms with Crippen LogP contribution in [0.3, 0.4) is 0 Å². The molecule has 1 aliphatic carbocycles. The molecule has 2 N–H and O–H groups in total. The van der Waals surface area contributed by atoms with Crippen LogP contribution in [0.1, 0.15) is 24.2 Å². The number of hydrogen-bond donors (Lipinski definition) is 1. The predicted molar refractivity (Wildman–Crippen MR) is 70.5 cm³/mol. The zero-order valence-electron chi connectivity index (χ0n) is 9.15. The molecule has 1 aliphatic rings. The summed E-state index contributed by atoms with van der Waals surface area (Å²) in [7, 11) is 0. The van der Waals surface area contributed by atoms with Crippen molar-refractivity contribution in [3.63, 3.8) is 0 Å². The van der Waals surface area contributed by atoms with E-state index in [1.54, 1.807) is 6.21 Å². The molecule has 0 amide bonds. The van der Waals surface area contributed by atoms with Gasteiger partial charge < -0.3 is 5.73 Å². The van der Waals surface area contributed by atoms with Crippen LogP contribution >= 0.6 is 15.9 Å². The lowest BCUT2D eigenvalue weighted by atomic mass is 10.2. The topological polar surface area (TPSA) is 51.3 Å². The van der Waals surface area contributed by atoms with Crippen LogP contribution in [0.5, 0.6) is 0 Å². The second kappa shape index (κ2) is 4.78. The lowest BCUT2D eigenvalue weighted by Gasteiger charge is -2.03. The number of pyridine rings is 1. The summed E-state index contributed by atoms with van der Waals surface area (Å²) in [6, 6.07) is 6.30. The number of allylic oxidation sites excluding steroid dienone is 1. The molecule has 0 spiro atoms. The minimum absolute atomic E-state index is 0.505. The summed E-state index contributed by atoms with van der Waals surface area (Å²) in [4.78, 5) is 8.73. The van der Waals surface area contributed by atoms with Gasteiger partial charge in [-0.25, -0.2) is 0 Å². The van der Waals surface area contributed by atoms with Crippen LogP contribution < -0.4 is 5.73 Å². The van der Waals surface area contributed by atoms with Gasteiger partial charge in [-0.15, -0.1) is 0 Å². The lowest BCUT2D eigenvalue weighted by molar-refractivity contribution is 1.08. The van der Waals surface area contributed by atoms with Gasteiger partial charge in [-0.3, -0.25) is 9.98 Å². The SMILES string of the molecule is Cc1cccc(C(N)=C(Br)C=NC2CC2)n1. The summed E-state index contributed by atoms with van der Waals surface area (Å²) in [6.45, 7) is 1.95. The number of rotatable bonds is 3. The van der Waals surface area contributed by atoms with Gasteiger partial charge in [0, 0.05) is 11.9 Å². The Hall–Kier alpha value is -1.16. The largest absolute Gasteiger partial charge is 0.396 e. The molecule has 2 rings (SSSR count). The number of aromatic nitrogens is 1. The first-order chi connectivity index (χ1) is 7.66. The van der Waals surface area contributed by atoms with E-state index in [9.17, 15) is 0 Å². The van der Waals surface area contributed by atoms with Gasteiger partial charge in [-0.2, -0.15) is 0 Å². The molecule has 1 fully saturated rings. The van der Waals surface area contributed by atoms with Crippen molar-refractivity contribution >= 4 is 27.8 Å². The molecule has 0 aromatic carbocycles. The van der Waals surface area contributed by atoms with E-state index < -0.39 is 0 Å². The molecule has 4 heteroatoms. The van der Waals surface area contributed by atoms with Gasteiger partial charge in [-0.1, -0.05) is 6.07 Å². The van der Waals surface area contributed by atoms with Crippen LogP contribution in [0, 0.1) is 6.92 Å². The fourth-order valence-corrected chi connectivity index (χ4v) is 1.60. The maximum absolute atomic E-state index is 5.99. The lowest BCUT2D eigenvalue weighted by Crippen LogP contribution is -2.02. The maximum Gasteiger partial charge on any atom is 0.0874 e. The highest BCUT2D eigenvalue weighted by atomic mass is 79.9. The molecule has 0 aliphatic heterocycles. The van der Waals surface area contributed by atoms with Gasteiger partial charge in [0.25, 0.3) is 0 Å². The average molecular weight is 280 g/mol. The first-order valence-electron chi connectivity index (χ1n) is 5.29. The van der Waals surface area contributed by atoms with Gasteiger partial charge in [0.15, 0.2) is 0 Å². The van der Waals surface area contributed by atoms with Gasteiger partial charge in [0.05, 0.1) is 21.9 Å². The van der Waals surface area contributed by atoms with Gasteiger partial charge in [-0.05, 0) is 47.8 Å². The Morgan fingerprint density at radius 2 is 2.31 bits per heavy atom. The monoisotopic (exact) mass is 279 g/mol. The molecule has 1 saturated carbocycles. The third kappa shape index (κ3) is 2.92. The number of hydrogen-bond acceptors (Lipinski definition) is 3. The Labute approximate surface area is 104 Å². The third-order valence-electron chi connectivity index (χ3n) is 2.37. The third-order valence-corrected chi connectivity index (χ3v) is 3.00. The Kier molecular flexibility index (Phi) is 3.39. The van der Waals surface area contributed by atoms with E-state index >= 15 is 0 Å². The second-order valence-electron chi connectivity index (χ2n) is 3.94. The van der Waals surface area contributed by atoms with Crippen molar-refractivity contribution in [2.24, 2.45) is 10.7 Å². The summed E-state index contributed by atoms with van der Waals surface area (Å²) >= 11 is 3.43. The molecule has 0 unspecified atom stereocenters. The number of nitrogens with zero attached hydrogens (tertiary/aromatic N) is 2. The van der Waals surface area contributed by atoms with Crippen molar-refractivity contribution in [1.29, 1.82) is 0 Å². The second-order valence-corrected chi connectivity index (χ2v) is 4.79. The standard InChI is InChI=1S/C12H14BrN3/c1-8-3-2-4-11(16-8)12(14)10(13)7-15-9-5-6-9/h2-4,7,9H,5-6,14H2,1H3. The molecule has 0 saturated heterocycles. The van der Waals surface area contributed by atoms with Crippen LogP contribution in [0.2, 0.25) is 0 Å². The summed E-state index contributed by atoms with van der Waals surface area (Å²) in [5.41, 5.74) is 8.37. The summed E-state index contributed by atoms with van der Waals surface area (Å²) in [5, 5.41) is 0. The zero-order valence-corrected chi connectivity index (χ0v) is 10.7. The number of halogens is 1. The molecule has 0 radical (unpaired) electrons. The Morgan fingerprint density at radius 1 is 1.56 bits per heavy atom. The maximum atomic E-state index is 5.99. The first-order valence-corrected chi connectivity index (χ1v) is 6.08. The van der Waals surface area contributed by atoms with Crippen molar-refractivity contribution in [3.8, 4) is 0 Å². The quantitative estimate of drug-likeness (QED) is 0.865. The molecule has 3 nitrogen and oxygen atoms in total. The number of aryl methyl sites for hydroxylation is 1.